The average Bonchev–Trinajstić information content (AvgIpc) is 3.15. The molecule has 0 bridgehead atoms. The molecule has 0 saturated carbocycles. The van der Waals surface area contributed by atoms with Crippen LogP contribution < -0.4 is 4.74 Å². The number of nitrogens with zero attached hydrogens (tertiary/aromatic N) is 5. The van der Waals surface area contributed by atoms with E-state index in [0.29, 0.717) is 18.7 Å². The van der Waals surface area contributed by atoms with E-state index in [1.54, 1.807) is 18.2 Å². The minimum absolute atomic E-state index is 0.167. The normalized spacial score (nSPS) is 14.7. The lowest BCUT2D eigenvalue weighted by Gasteiger charge is -2.25. The molecule has 9 heteroatoms. The third-order valence-corrected chi connectivity index (χ3v) is 6.27. The maximum Gasteiger partial charge on any atom is 0.387 e. The van der Waals surface area contributed by atoms with Crippen LogP contribution in [0.5, 0.6) is 5.75 Å². The lowest BCUT2D eigenvalue weighted by molar-refractivity contribution is -0.0504. The standard InChI is InChI=1S/C26H27F2N5O2/c1-17-21(14-29-25(30-17)16-32-9-11-34-12-10-32)19-7-8-22-23(13-19)33(18(2)31-22)15-20-5-3-4-6-24(20)35-26(27)28/h3-8,13-14,26H,9-12,15-16H2,1-2H3. The monoisotopic (exact) mass is 479 g/mol. The van der Waals surface area contributed by atoms with Crippen molar-refractivity contribution in [1.82, 2.24) is 24.4 Å². The van der Waals surface area contributed by atoms with E-state index in [-0.39, 0.29) is 5.75 Å². The molecule has 1 aliphatic rings. The van der Waals surface area contributed by atoms with Crippen LogP contribution >= 0.6 is 0 Å². The Hall–Kier alpha value is -3.43. The maximum absolute atomic E-state index is 12.9. The number of para-hydroxylation sites is 1. The van der Waals surface area contributed by atoms with Crippen LogP contribution in [0.25, 0.3) is 22.2 Å². The van der Waals surface area contributed by atoms with Crippen molar-refractivity contribution < 1.29 is 18.3 Å². The van der Waals surface area contributed by atoms with E-state index in [0.717, 1.165) is 65.8 Å². The molecule has 35 heavy (non-hydrogen) atoms. The van der Waals surface area contributed by atoms with Crippen LogP contribution in [0.4, 0.5) is 8.78 Å². The molecule has 1 fully saturated rings. The van der Waals surface area contributed by atoms with Crippen LogP contribution in [0.15, 0.2) is 48.7 Å². The Labute approximate surface area is 202 Å². The summed E-state index contributed by atoms with van der Waals surface area (Å²) in [5, 5.41) is 0. The van der Waals surface area contributed by atoms with Crippen molar-refractivity contribution in [3.63, 3.8) is 0 Å². The van der Waals surface area contributed by atoms with E-state index < -0.39 is 6.61 Å². The van der Waals surface area contributed by atoms with Gasteiger partial charge < -0.3 is 14.0 Å². The molecular formula is C26H27F2N5O2. The molecule has 182 valence electrons. The van der Waals surface area contributed by atoms with Crippen molar-refractivity contribution >= 4 is 11.0 Å². The van der Waals surface area contributed by atoms with E-state index >= 15 is 0 Å². The molecule has 7 nitrogen and oxygen atoms in total. The van der Waals surface area contributed by atoms with Gasteiger partial charge in [-0.05, 0) is 37.6 Å². The van der Waals surface area contributed by atoms with Crippen molar-refractivity contribution in [2.45, 2.75) is 33.5 Å². The summed E-state index contributed by atoms with van der Waals surface area (Å²) in [5.41, 5.74) is 5.23. The van der Waals surface area contributed by atoms with Gasteiger partial charge in [-0.25, -0.2) is 15.0 Å². The number of hydrogen-bond acceptors (Lipinski definition) is 6. The first-order valence-electron chi connectivity index (χ1n) is 11.6. The fraction of sp³-hybridized carbons (Fsp3) is 0.346. The Balaban J connectivity index is 1.45. The lowest BCUT2D eigenvalue weighted by Crippen LogP contribution is -2.36. The van der Waals surface area contributed by atoms with E-state index in [1.807, 2.05) is 42.8 Å². The zero-order valence-electron chi connectivity index (χ0n) is 19.7. The van der Waals surface area contributed by atoms with Crippen LogP contribution in [-0.4, -0.2) is 57.3 Å². The predicted octanol–water partition coefficient (Wildman–Crippen LogP) is 4.59. The number of aromatic nitrogens is 4. The number of imidazole rings is 1. The molecule has 4 aromatic rings. The topological polar surface area (TPSA) is 65.3 Å². The van der Waals surface area contributed by atoms with Crippen molar-refractivity contribution in [2.75, 3.05) is 26.3 Å². The van der Waals surface area contributed by atoms with E-state index in [2.05, 4.69) is 20.9 Å². The van der Waals surface area contributed by atoms with Gasteiger partial charge in [0.15, 0.2) is 0 Å². The number of hydrogen-bond donors (Lipinski definition) is 0. The molecule has 0 radical (unpaired) electrons. The molecule has 0 unspecified atom stereocenters. The average molecular weight is 480 g/mol. The third-order valence-electron chi connectivity index (χ3n) is 6.27. The Morgan fingerprint density at radius 1 is 1.03 bits per heavy atom. The second-order valence-electron chi connectivity index (χ2n) is 8.61. The minimum Gasteiger partial charge on any atom is -0.434 e. The van der Waals surface area contributed by atoms with E-state index in [4.69, 9.17) is 14.5 Å². The summed E-state index contributed by atoms with van der Waals surface area (Å²) >= 11 is 0. The molecular weight excluding hydrogens is 452 g/mol. The highest BCUT2D eigenvalue weighted by Crippen LogP contribution is 2.29. The number of halogens is 2. The van der Waals surface area contributed by atoms with Crippen LogP contribution in [0, 0.1) is 13.8 Å². The number of fused-ring (bicyclic) bond motifs is 1. The summed E-state index contributed by atoms with van der Waals surface area (Å²) in [5.74, 6) is 1.75. The van der Waals surface area contributed by atoms with Crippen molar-refractivity contribution in [3.05, 3.63) is 71.6 Å². The molecule has 0 N–H and O–H groups in total. The first kappa shape index (κ1) is 23.3. The van der Waals surface area contributed by atoms with Gasteiger partial charge in [0, 0.05) is 36.1 Å². The van der Waals surface area contributed by atoms with Gasteiger partial charge in [-0.15, -0.1) is 0 Å². The number of rotatable bonds is 7. The quantitative estimate of drug-likeness (QED) is 0.386. The van der Waals surface area contributed by atoms with Gasteiger partial charge in [0.2, 0.25) is 0 Å². The van der Waals surface area contributed by atoms with Crippen LogP contribution in [-0.2, 0) is 17.8 Å². The molecule has 1 saturated heterocycles. The molecule has 0 aliphatic carbocycles. The Kier molecular flexibility index (Phi) is 6.70. The van der Waals surface area contributed by atoms with Gasteiger partial charge in [-0.1, -0.05) is 24.3 Å². The van der Waals surface area contributed by atoms with E-state index in [9.17, 15) is 8.78 Å². The SMILES string of the molecule is Cc1nc(CN2CCOCC2)ncc1-c1ccc2nc(C)n(Cc3ccccc3OC(F)F)c2c1. The highest BCUT2D eigenvalue weighted by atomic mass is 19.3. The summed E-state index contributed by atoms with van der Waals surface area (Å²) in [6.07, 6.45) is 1.87. The molecule has 5 rings (SSSR count). The second-order valence-corrected chi connectivity index (χ2v) is 8.61. The van der Waals surface area contributed by atoms with E-state index in [1.165, 1.54) is 0 Å². The van der Waals surface area contributed by atoms with Crippen molar-refractivity contribution in [2.24, 2.45) is 0 Å². The third kappa shape index (κ3) is 5.16. The first-order valence-corrected chi connectivity index (χ1v) is 11.6. The fourth-order valence-electron chi connectivity index (χ4n) is 4.46. The molecule has 2 aromatic heterocycles. The second kappa shape index (κ2) is 10.1. The van der Waals surface area contributed by atoms with Crippen molar-refractivity contribution in [1.29, 1.82) is 0 Å². The summed E-state index contributed by atoms with van der Waals surface area (Å²) < 4.78 is 37.9. The first-order chi connectivity index (χ1) is 17.0. The molecule has 0 amide bonds. The van der Waals surface area contributed by atoms with Gasteiger partial charge >= 0.3 is 6.61 Å². The Bertz CT molecular complexity index is 1330. The highest BCUT2D eigenvalue weighted by molar-refractivity contribution is 5.83. The Morgan fingerprint density at radius 2 is 1.83 bits per heavy atom. The maximum atomic E-state index is 12.9. The molecule has 0 spiro atoms. The van der Waals surface area contributed by atoms with Gasteiger partial charge in [0.1, 0.15) is 17.4 Å². The summed E-state index contributed by atoms with van der Waals surface area (Å²) in [7, 11) is 0. The largest absolute Gasteiger partial charge is 0.434 e. The van der Waals surface area contributed by atoms with Crippen LogP contribution in [0.1, 0.15) is 22.9 Å². The van der Waals surface area contributed by atoms with Gasteiger partial charge in [-0.3, -0.25) is 4.90 Å². The molecule has 2 aromatic carbocycles. The van der Waals surface area contributed by atoms with Crippen LogP contribution in [0.3, 0.4) is 0 Å². The zero-order chi connectivity index (χ0) is 24.4. The molecule has 3 heterocycles. The number of ether oxygens (including phenoxy) is 2. The van der Waals surface area contributed by atoms with Crippen LogP contribution in [0.2, 0.25) is 0 Å². The minimum atomic E-state index is -2.88. The highest BCUT2D eigenvalue weighted by Gasteiger charge is 2.16. The number of alkyl halides is 2. The van der Waals surface area contributed by atoms with Crippen molar-refractivity contribution in [3.8, 4) is 16.9 Å². The predicted molar refractivity (Wildman–Crippen MR) is 129 cm³/mol. The van der Waals surface area contributed by atoms with Gasteiger partial charge in [-0.2, -0.15) is 8.78 Å². The number of morpholine rings is 1. The number of aryl methyl sites for hydroxylation is 2. The smallest absolute Gasteiger partial charge is 0.387 e. The zero-order valence-corrected chi connectivity index (χ0v) is 19.7. The Morgan fingerprint density at radius 3 is 2.60 bits per heavy atom. The fourth-order valence-corrected chi connectivity index (χ4v) is 4.46. The lowest BCUT2D eigenvalue weighted by atomic mass is 10.1. The molecule has 0 atom stereocenters. The number of benzene rings is 2. The van der Waals surface area contributed by atoms with Gasteiger partial charge in [0.05, 0.1) is 37.3 Å². The van der Waals surface area contributed by atoms with Gasteiger partial charge in [0.25, 0.3) is 0 Å². The molecule has 1 aliphatic heterocycles. The summed E-state index contributed by atoms with van der Waals surface area (Å²) in [6.45, 7) is 5.34. The summed E-state index contributed by atoms with van der Waals surface area (Å²) in [4.78, 5) is 16.3. The summed E-state index contributed by atoms with van der Waals surface area (Å²) in [6, 6.07) is 12.9.